The maximum Gasteiger partial charge on any atom is 0.472 e. The maximum absolute atomic E-state index is 13.1. The first-order valence-electron chi connectivity index (χ1n) is 39.1. The number of ether oxygens (including phenoxy) is 4. The standard InChI is InChI=1S/C81H140O17P2/c1-5-9-13-17-21-25-29-33-37-41-45-49-53-57-61-65-78(83)91-71-76(97-80(85)67-63-59-55-51-47-43-39-35-31-27-23-19-15-11-7-3)73-95-99(87,88)93-69-75(82)70-94-100(89,90)96-74-77(98-81(86)68-64-60-56-52-48-44-40-36-32-28-24-20-16-12-8-4)72-92-79(84)66-62-58-54-50-46-42-38-34-30-26-22-18-14-10-6-2/h9,13,21-23,25-27,33-40,45,49,75-77,82H,5-8,10-12,14-20,24,28-32,41-44,46-48,50-74H2,1-4H3,(H,87,88)(H,89,90)/b13-9-,25-21-,26-22-,27-23-,37-33-,38-34-,39-35-,40-36-,49-45-. The third-order valence-corrected chi connectivity index (χ3v) is 18.1. The van der Waals surface area contributed by atoms with Crippen molar-refractivity contribution in [1.29, 1.82) is 0 Å². The van der Waals surface area contributed by atoms with Gasteiger partial charge >= 0.3 is 39.5 Å². The minimum atomic E-state index is -4.99. The van der Waals surface area contributed by atoms with E-state index in [0.29, 0.717) is 25.7 Å². The van der Waals surface area contributed by atoms with Crippen LogP contribution in [0.3, 0.4) is 0 Å². The van der Waals surface area contributed by atoms with Crippen LogP contribution in [0.5, 0.6) is 0 Å². The lowest BCUT2D eigenvalue weighted by atomic mass is 10.1. The van der Waals surface area contributed by atoms with Gasteiger partial charge in [0.25, 0.3) is 0 Å². The molecule has 19 heteroatoms. The van der Waals surface area contributed by atoms with Crippen LogP contribution in [0.1, 0.15) is 323 Å². The van der Waals surface area contributed by atoms with Crippen molar-refractivity contribution in [2.75, 3.05) is 39.6 Å². The highest BCUT2D eigenvalue weighted by Gasteiger charge is 2.30. The molecule has 0 aromatic heterocycles. The van der Waals surface area contributed by atoms with Gasteiger partial charge in [-0.1, -0.05) is 253 Å². The van der Waals surface area contributed by atoms with Crippen molar-refractivity contribution in [2.45, 2.75) is 341 Å². The van der Waals surface area contributed by atoms with Gasteiger partial charge in [0.2, 0.25) is 0 Å². The van der Waals surface area contributed by atoms with Crippen molar-refractivity contribution in [1.82, 2.24) is 0 Å². The Kier molecular flexibility index (Phi) is 69.9. The van der Waals surface area contributed by atoms with Gasteiger partial charge in [-0.15, -0.1) is 0 Å². The zero-order valence-electron chi connectivity index (χ0n) is 62.8. The molecule has 5 unspecified atom stereocenters. The fourth-order valence-corrected chi connectivity index (χ4v) is 11.8. The summed E-state index contributed by atoms with van der Waals surface area (Å²) in [6.45, 7) is 4.63. The van der Waals surface area contributed by atoms with Gasteiger partial charge in [-0.05, 0) is 154 Å². The summed E-state index contributed by atoms with van der Waals surface area (Å²) in [7, 11) is -9.97. The Hall–Kier alpha value is -4.28. The highest BCUT2D eigenvalue weighted by molar-refractivity contribution is 7.47. The second kappa shape index (κ2) is 73.0. The second-order valence-electron chi connectivity index (χ2n) is 25.9. The summed E-state index contributed by atoms with van der Waals surface area (Å²) in [5.41, 5.74) is 0. The van der Waals surface area contributed by atoms with Gasteiger partial charge in [0.05, 0.1) is 26.4 Å². The molecule has 0 fully saturated rings. The van der Waals surface area contributed by atoms with Crippen LogP contribution in [-0.2, 0) is 65.4 Å². The minimum Gasteiger partial charge on any atom is -0.462 e. The van der Waals surface area contributed by atoms with Gasteiger partial charge in [-0.2, -0.15) is 0 Å². The molecule has 0 heterocycles. The summed E-state index contributed by atoms with van der Waals surface area (Å²) in [4.78, 5) is 72.9. The molecule has 0 rings (SSSR count). The summed E-state index contributed by atoms with van der Waals surface area (Å²) < 4.78 is 68.5. The molecule has 17 nitrogen and oxygen atoms in total. The Balaban J connectivity index is 5.42. The van der Waals surface area contributed by atoms with Gasteiger partial charge < -0.3 is 33.8 Å². The van der Waals surface area contributed by atoms with E-state index in [1.54, 1.807) is 0 Å². The van der Waals surface area contributed by atoms with Crippen LogP contribution in [-0.4, -0.2) is 96.7 Å². The summed E-state index contributed by atoms with van der Waals surface area (Å²) in [5, 5.41) is 10.6. The van der Waals surface area contributed by atoms with E-state index in [-0.39, 0.29) is 25.7 Å². The Morgan fingerprint density at radius 1 is 0.290 bits per heavy atom. The molecule has 0 aromatic rings. The predicted octanol–water partition coefficient (Wildman–Crippen LogP) is 22.6. The highest BCUT2D eigenvalue weighted by atomic mass is 31.2. The summed E-state index contributed by atoms with van der Waals surface area (Å²) in [5.74, 6) is -2.25. The van der Waals surface area contributed by atoms with E-state index in [4.69, 9.17) is 37.0 Å². The van der Waals surface area contributed by atoms with Crippen molar-refractivity contribution in [2.24, 2.45) is 0 Å². The van der Waals surface area contributed by atoms with Gasteiger partial charge in [0.15, 0.2) is 12.2 Å². The number of aliphatic hydroxyl groups excluding tert-OH is 1. The lowest BCUT2D eigenvalue weighted by Gasteiger charge is -2.21. The zero-order valence-corrected chi connectivity index (χ0v) is 64.6. The predicted molar refractivity (Wildman–Crippen MR) is 408 cm³/mol. The molecule has 576 valence electrons. The second-order valence-corrected chi connectivity index (χ2v) is 28.8. The lowest BCUT2D eigenvalue weighted by molar-refractivity contribution is -0.161. The molecule has 0 bridgehead atoms. The number of esters is 4. The van der Waals surface area contributed by atoms with Gasteiger partial charge in [0, 0.05) is 25.7 Å². The number of carbonyl (C=O) groups excluding carboxylic acids is 4. The Morgan fingerprint density at radius 2 is 0.520 bits per heavy atom. The molecule has 0 aliphatic rings. The number of carbonyl (C=O) groups is 4. The molecule has 0 aliphatic carbocycles. The first-order chi connectivity index (χ1) is 48.7. The number of hydrogen-bond acceptors (Lipinski definition) is 15. The third-order valence-electron chi connectivity index (χ3n) is 16.2. The van der Waals surface area contributed by atoms with Crippen molar-refractivity contribution < 1.29 is 80.2 Å². The van der Waals surface area contributed by atoms with E-state index in [0.717, 1.165) is 167 Å². The van der Waals surface area contributed by atoms with E-state index >= 15 is 0 Å². The molecule has 5 atom stereocenters. The number of hydrogen-bond donors (Lipinski definition) is 3. The quantitative estimate of drug-likeness (QED) is 0.0169. The van der Waals surface area contributed by atoms with Crippen LogP contribution in [0.15, 0.2) is 109 Å². The lowest BCUT2D eigenvalue weighted by Crippen LogP contribution is -2.30. The van der Waals surface area contributed by atoms with Gasteiger partial charge in [-0.25, -0.2) is 9.13 Å². The largest absolute Gasteiger partial charge is 0.472 e. The number of allylic oxidation sites excluding steroid dienone is 18. The van der Waals surface area contributed by atoms with Gasteiger partial charge in [0.1, 0.15) is 19.3 Å². The first kappa shape index (κ1) is 95.7. The van der Waals surface area contributed by atoms with Crippen LogP contribution in [0, 0.1) is 0 Å². The SMILES string of the molecule is CC/C=C\C/C=C\C/C=C\C/C=C\CCCCC(=O)OCC(COP(=O)(O)OCC(O)COP(=O)(O)OCC(COC(=O)CCCCCCC/C=C\C/C=C\CCCCC)OC(=O)CCCCCCC/C=C\CCCCCCCC)OC(=O)CCCCCCC/C=C\C/C=C\CCCCC. The van der Waals surface area contributed by atoms with E-state index in [9.17, 15) is 43.2 Å². The maximum atomic E-state index is 13.1. The van der Waals surface area contributed by atoms with E-state index in [1.807, 2.05) is 0 Å². The van der Waals surface area contributed by atoms with Gasteiger partial charge in [-0.3, -0.25) is 37.3 Å². The van der Waals surface area contributed by atoms with E-state index in [1.165, 1.54) is 77.0 Å². The molecule has 0 aromatic carbocycles. The van der Waals surface area contributed by atoms with E-state index < -0.39 is 97.5 Å². The highest BCUT2D eigenvalue weighted by Crippen LogP contribution is 2.45. The number of unbranched alkanes of at least 4 members (excludes halogenated alkanes) is 29. The Bertz CT molecular complexity index is 2320. The molecule has 0 aliphatic heterocycles. The number of aliphatic hydroxyl groups is 1. The van der Waals surface area contributed by atoms with Crippen molar-refractivity contribution in [3.05, 3.63) is 109 Å². The van der Waals surface area contributed by atoms with Crippen LogP contribution < -0.4 is 0 Å². The number of phosphoric acid groups is 2. The van der Waals surface area contributed by atoms with Crippen molar-refractivity contribution in [3.63, 3.8) is 0 Å². The van der Waals surface area contributed by atoms with Crippen molar-refractivity contribution >= 4 is 39.5 Å². The monoisotopic (exact) mass is 1450 g/mol. The molecular formula is C81H140O17P2. The number of rotatable bonds is 73. The molecule has 0 saturated carbocycles. The topological polar surface area (TPSA) is 237 Å². The average molecular weight is 1450 g/mol. The molecule has 0 amide bonds. The fourth-order valence-electron chi connectivity index (χ4n) is 10.2. The molecule has 3 N–H and O–H groups in total. The zero-order chi connectivity index (χ0) is 73.2. The van der Waals surface area contributed by atoms with Crippen LogP contribution in [0.4, 0.5) is 0 Å². The normalized spacial score (nSPS) is 14.5. The molecular weight excluding hydrogens is 1310 g/mol. The fraction of sp³-hybridized carbons (Fsp3) is 0.728. The number of phosphoric ester groups is 2. The summed E-state index contributed by atoms with van der Waals surface area (Å²) >= 11 is 0. The van der Waals surface area contributed by atoms with Crippen LogP contribution >= 0.6 is 15.6 Å². The minimum absolute atomic E-state index is 0.0682. The van der Waals surface area contributed by atoms with Crippen LogP contribution in [0.25, 0.3) is 0 Å². The average Bonchev–Trinajstić information content (AvgIpc) is 1.01. The van der Waals surface area contributed by atoms with Crippen LogP contribution in [0.2, 0.25) is 0 Å². The first-order valence-corrected chi connectivity index (χ1v) is 42.1. The smallest absolute Gasteiger partial charge is 0.462 e. The third kappa shape index (κ3) is 72.1. The molecule has 0 radical (unpaired) electrons. The Labute approximate surface area is 607 Å². The molecule has 100 heavy (non-hydrogen) atoms. The summed E-state index contributed by atoms with van der Waals surface area (Å²) in [6, 6.07) is 0. The summed E-state index contributed by atoms with van der Waals surface area (Å²) in [6.07, 6.45) is 77.8. The molecule has 0 saturated heterocycles. The molecule has 0 spiro atoms. The Morgan fingerprint density at radius 3 is 0.850 bits per heavy atom. The van der Waals surface area contributed by atoms with Crippen molar-refractivity contribution in [3.8, 4) is 0 Å². The van der Waals surface area contributed by atoms with E-state index in [2.05, 4.69) is 137 Å².